The summed E-state index contributed by atoms with van der Waals surface area (Å²) in [5.74, 6) is -0.553. The van der Waals surface area contributed by atoms with Crippen LogP contribution in [-0.2, 0) is 11.3 Å². The van der Waals surface area contributed by atoms with Crippen LogP contribution in [0.4, 0.5) is 5.69 Å². The molecular weight excluding hydrogens is 422 g/mol. The highest BCUT2D eigenvalue weighted by Crippen LogP contribution is 2.24. The summed E-state index contributed by atoms with van der Waals surface area (Å²) in [4.78, 5) is 38.7. The van der Waals surface area contributed by atoms with Crippen molar-refractivity contribution in [1.29, 1.82) is 0 Å². The summed E-state index contributed by atoms with van der Waals surface area (Å²) in [5.41, 5.74) is 0.460. The van der Waals surface area contributed by atoms with Gasteiger partial charge in [0, 0.05) is 34.8 Å². The average molecular weight is 439 g/mol. The molecule has 0 bridgehead atoms. The van der Waals surface area contributed by atoms with E-state index >= 15 is 0 Å². The number of carbonyl (C=O) groups excluding carboxylic acids is 2. The maximum atomic E-state index is 12.7. The second-order valence-corrected chi connectivity index (χ2v) is 7.40. The molecule has 0 atom stereocenters. The quantitative estimate of drug-likeness (QED) is 0.797. The van der Waals surface area contributed by atoms with E-state index in [0.717, 1.165) is 12.8 Å². The van der Waals surface area contributed by atoms with Gasteiger partial charge in [-0.1, -0.05) is 11.6 Å². The summed E-state index contributed by atoms with van der Waals surface area (Å²) in [5, 5.41) is 3.14. The molecule has 26 heavy (non-hydrogen) atoms. The number of hydrogen-bond acceptors (Lipinski definition) is 3. The van der Waals surface area contributed by atoms with Crippen LogP contribution < -0.4 is 10.9 Å². The van der Waals surface area contributed by atoms with Crippen molar-refractivity contribution < 1.29 is 9.59 Å². The topological polar surface area (TPSA) is 71.4 Å². The monoisotopic (exact) mass is 437 g/mol. The van der Waals surface area contributed by atoms with Crippen LogP contribution >= 0.6 is 27.5 Å². The molecule has 1 saturated heterocycles. The maximum Gasteiger partial charge on any atom is 0.256 e. The van der Waals surface area contributed by atoms with E-state index in [1.165, 1.54) is 10.6 Å². The fourth-order valence-corrected chi connectivity index (χ4v) is 3.41. The molecular formula is C18H17BrClN3O3. The van der Waals surface area contributed by atoms with Crippen LogP contribution in [0.1, 0.15) is 23.2 Å². The number of rotatable bonds is 4. The minimum absolute atomic E-state index is 0.153. The third-order valence-electron chi connectivity index (χ3n) is 4.14. The number of halogens is 2. The minimum Gasteiger partial charge on any atom is -0.339 e. The van der Waals surface area contributed by atoms with E-state index < -0.39 is 5.91 Å². The molecule has 2 heterocycles. The SMILES string of the molecule is O=C(Cn1cc(Br)ccc1=O)Nc1ccc(Cl)cc1C(=O)N1CCCC1. The first-order valence-electron chi connectivity index (χ1n) is 8.19. The predicted octanol–water partition coefficient (Wildman–Crippen LogP) is 3.14. The average Bonchev–Trinajstić information content (AvgIpc) is 3.13. The first kappa shape index (κ1) is 18.7. The fraction of sp³-hybridized carbons (Fsp3) is 0.278. The van der Waals surface area contributed by atoms with Crippen molar-refractivity contribution in [2.45, 2.75) is 19.4 Å². The molecule has 0 aliphatic carbocycles. The molecule has 0 radical (unpaired) electrons. The van der Waals surface area contributed by atoms with E-state index in [-0.39, 0.29) is 18.0 Å². The van der Waals surface area contributed by atoms with Crippen molar-refractivity contribution in [3.05, 3.63) is 61.9 Å². The molecule has 2 aromatic rings. The summed E-state index contributed by atoms with van der Waals surface area (Å²) in [6, 6.07) is 7.77. The molecule has 8 heteroatoms. The lowest BCUT2D eigenvalue weighted by Crippen LogP contribution is -2.30. The molecule has 2 amide bonds. The van der Waals surface area contributed by atoms with E-state index in [1.807, 2.05) is 0 Å². The van der Waals surface area contributed by atoms with Gasteiger partial charge in [0.15, 0.2) is 0 Å². The highest BCUT2D eigenvalue weighted by molar-refractivity contribution is 9.10. The maximum absolute atomic E-state index is 12.7. The molecule has 0 saturated carbocycles. The van der Waals surface area contributed by atoms with Crippen LogP contribution in [0.25, 0.3) is 0 Å². The van der Waals surface area contributed by atoms with Gasteiger partial charge in [-0.2, -0.15) is 0 Å². The molecule has 0 spiro atoms. The Morgan fingerprint density at radius 3 is 2.62 bits per heavy atom. The molecule has 6 nitrogen and oxygen atoms in total. The molecule has 1 aliphatic heterocycles. The third-order valence-corrected chi connectivity index (χ3v) is 4.84. The zero-order chi connectivity index (χ0) is 18.7. The molecule has 1 N–H and O–H groups in total. The van der Waals surface area contributed by atoms with E-state index in [2.05, 4.69) is 21.2 Å². The first-order chi connectivity index (χ1) is 12.4. The number of nitrogens with zero attached hydrogens (tertiary/aromatic N) is 2. The van der Waals surface area contributed by atoms with E-state index in [1.54, 1.807) is 35.4 Å². The van der Waals surface area contributed by atoms with Gasteiger partial charge in [0.2, 0.25) is 5.91 Å². The van der Waals surface area contributed by atoms with E-state index in [4.69, 9.17) is 11.6 Å². The number of nitrogens with one attached hydrogen (secondary N) is 1. The third kappa shape index (κ3) is 4.34. The Morgan fingerprint density at radius 2 is 1.88 bits per heavy atom. The Hall–Kier alpha value is -2.12. The van der Waals surface area contributed by atoms with Crippen LogP contribution in [-0.4, -0.2) is 34.4 Å². The van der Waals surface area contributed by atoms with Crippen molar-refractivity contribution in [1.82, 2.24) is 9.47 Å². The van der Waals surface area contributed by atoms with E-state index in [0.29, 0.717) is 33.8 Å². The Bertz CT molecular complexity index is 907. The summed E-state index contributed by atoms with van der Waals surface area (Å²) in [6.45, 7) is 1.25. The molecule has 136 valence electrons. The normalized spacial score (nSPS) is 13.7. The number of pyridine rings is 1. The lowest BCUT2D eigenvalue weighted by molar-refractivity contribution is -0.116. The fourth-order valence-electron chi connectivity index (χ4n) is 2.86. The molecule has 1 aromatic carbocycles. The van der Waals surface area contributed by atoms with Gasteiger partial charge in [0.05, 0.1) is 11.3 Å². The largest absolute Gasteiger partial charge is 0.339 e. The van der Waals surface area contributed by atoms with Gasteiger partial charge in [-0.3, -0.25) is 14.4 Å². The van der Waals surface area contributed by atoms with Gasteiger partial charge in [-0.05, 0) is 53.0 Å². The summed E-state index contributed by atoms with van der Waals surface area (Å²) < 4.78 is 1.98. The lowest BCUT2D eigenvalue weighted by Gasteiger charge is -2.18. The van der Waals surface area contributed by atoms with Gasteiger partial charge in [-0.25, -0.2) is 0 Å². The lowest BCUT2D eigenvalue weighted by atomic mass is 10.1. The van der Waals surface area contributed by atoms with Crippen LogP contribution in [0.15, 0.2) is 45.8 Å². The first-order valence-corrected chi connectivity index (χ1v) is 9.36. The summed E-state index contributed by atoms with van der Waals surface area (Å²) in [7, 11) is 0. The molecule has 3 rings (SSSR count). The van der Waals surface area contributed by atoms with Crippen molar-refractivity contribution in [2.24, 2.45) is 0 Å². The van der Waals surface area contributed by atoms with Crippen molar-refractivity contribution in [2.75, 3.05) is 18.4 Å². The Balaban J connectivity index is 1.80. The molecule has 1 fully saturated rings. The van der Waals surface area contributed by atoms with Gasteiger partial charge in [0.25, 0.3) is 11.5 Å². The minimum atomic E-state index is -0.400. The molecule has 1 aliphatic rings. The second kappa shape index (κ2) is 8.05. The van der Waals surface area contributed by atoms with Gasteiger partial charge in [0.1, 0.15) is 6.54 Å². The van der Waals surface area contributed by atoms with Crippen LogP contribution in [0, 0.1) is 0 Å². The number of likely N-dealkylation sites (tertiary alicyclic amines) is 1. The smallest absolute Gasteiger partial charge is 0.256 e. The number of hydrogen-bond donors (Lipinski definition) is 1. The van der Waals surface area contributed by atoms with Crippen molar-refractivity contribution >= 4 is 45.0 Å². The Morgan fingerprint density at radius 1 is 1.15 bits per heavy atom. The zero-order valence-corrected chi connectivity index (χ0v) is 16.2. The number of amides is 2. The second-order valence-electron chi connectivity index (χ2n) is 6.05. The molecule has 1 aromatic heterocycles. The van der Waals surface area contributed by atoms with Crippen LogP contribution in [0.2, 0.25) is 5.02 Å². The predicted molar refractivity (Wildman–Crippen MR) is 104 cm³/mol. The Kier molecular flexibility index (Phi) is 5.78. The van der Waals surface area contributed by atoms with Gasteiger partial charge < -0.3 is 14.8 Å². The van der Waals surface area contributed by atoms with Crippen LogP contribution in [0.3, 0.4) is 0 Å². The number of aromatic nitrogens is 1. The van der Waals surface area contributed by atoms with Crippen molar-refractivity contribution in [3.63, 3.8) is 0 Å². The van der Waals surface area contributed by atoms with Gasteiger partial charge in [-0.15, -0.1) is 0 Å². The highest BCUT2D eigenvalue weighted by atomic mass is 79.9. The summed E-state index contributed by atoms with van der Waals surface area (Å²) in [6.07, 6.45) is 3.49. The molecule has 0 unspecified atom stereocenters. The van der Waals surface area contributed by atoms with Crippen LogP contribution in [0.5, 0.6) is 0 Å². The highest BCUT2D eigenvalue weighted by Gasteiger charge is 2.23. The van der Waals surface area contributed by atoms with Crippen molar-refractivity contribution in [3.8, 4) is 0 Å². The van der Waals surface area contributed by atoms with E-state index in [9.17, 15) is 14.4 Å². The number of anilines is 1. The number of benzene rings is 1. The Labute approximate surface area is 163 Å². The standard InChI is InChI=1S/C18H17BrClN3O3/c19-12-3-6-17(25)23(10-12)11-16(24)21-15-5-4-13(20)9-14(15)18(26)22-7-1-2-8-22/h3-6,9-10H,1-2,7-8,11H2,(H,21,24). The number of carbonyl (C=O) groups is 2. The summed E-state index contributed by atoms with van der Waals surface area (Å²) >= 11 is 9.31. The van der Waals surface area contributed by atoms with Gasteiger partial charge >= 0.3 is 0 Å². The zero-order valence-electron chi connectivity index (χ0n) is 13.9.